The number of hydrogen-bond acceptors (Lipinski definition) is 7. The van der Waals surface area contributed by atoms with Gasteiger partial charge in [0, 0.05) is 10.5 Å². The second-order valence-corrected chi connectivity index (χ2v) is 9.26. The topological polar surface area (TPSA) is 114 Å². The number of ether oxygens (including phenoxy) is 3. The maximum Gasteiger partial charge on any atom is 0.261 e. The van der Waals surface area contributed by atoms with E-state index in [9.17, 15) is 15.1 Å². The average molecular weight is 467 g/mol. The Bertz CT molecular complexity index is 1070. The summed E-state index contributed by atoms with van der Waals surface area (Å²) in [5.41, 5.74) is 10.3. The van der Waals surface area contributed by atoms with Gasteiger partial charge in [0.05, 0.1) is 29.8 Å². The molecule has 3 aliphatic rings. The summed E-state index contributed by atoms with van der Waals surface area (Å²) < 4.78 is 18.4. The summed E-state index contributed by atoms with van der Waals surface area (Å²) in [5.74, 6) is -0.165. The first-order chi connectivity index (χ1) is 16.1. The Morgan fingerprint density at radius 3 is 2.36 bits per heavy atom. The molecule has 3 aliphatic heterocycles. The van der Waals surface area contributed by atoms with E-state index in [0.29, 0.717) is 16.9 Å². The van der Waals surface area contributed by atoms with Crippen LogP contribution in [0.5, 0.6) is 0 Å². The predicted molar refractivity (Wildman–Crippen MR) is 120 cm³/mol. The molecule has 2 aromatic rings. The van der Waals surface area contributed by atoms with Crippen LogP contribution in [0.1, 0.15) is 39.5 Å². The van der Waals surface area contributed by atoms with Crippen molar-refractivity contribution >= 4 is 23.6 Å². The van der Waals surface area contributed by atoms with Gasteiger partial charge in [-0.25, -0.2) is 0 Å². The average Bonchev–Trinajstić information content (AvgIpc) is 3.10. The Morgan fingerprint density at radius 2 is 1.73 bits per heavy atom. The lowest BCUT2D eigenvalue weighted by molar-refractivity contribution is -0.290. The van der Waals surface area contributed by atoms with Gasteiger partial charge in [-0.1, -0.05) is 54.5 Å². The molecule has 0 bridgehead atoms. The Labute approximate surface area is 194 Å². The normalized spacial score (nSPS) is 31.0. The minimum absolute atomic E-state index is 0.233. The van der Waals surface area contributed by atoms with Crippen LogP contribution in [0.2, 0.25) is 0 Å². The molecular weight excluding hydrogens is 444 g/mol. The van der Waals surface area contributed by atoms with Crippen LogP contribution in [-0.4, -0.2) is 58.8 Å². The molecule has 0 radical (unpaired) electrons. The summed E-state index contributed by atoms with van der Waals surface area (Å²) in [6.45, 7) is 2.19. The molecule has 170 valence electrons. The summed E-state index contributed by atoms with van der Waals surface area (Å²) in [5, 5.41) is 4.05. The number of rotatable bonds is 5. The zero-order valence-electron chi connectivity index (χ0n) is 17.8. The Balaban J connectivity index is 1.52. The van der Waals surface area contributed by atoms with Gasteiger partial charge >= 0.3 is 0 Å². The number of nitrogens with zero attached hydrogens (tertiary/aromatic N) is 4. The van der Waals surface area contributed by atoms with Crippen LogP contribution in [0.4, 0.5) is 0 Å². The van der Waals surface area contributed by atoms with Crippen molar-refractivity contribution in [2.24, 2.45) is 5.11 Å². The standard InChI is InChI=1S/C23H22N4O5S/c1-2-33-23-18(27-20(28)14-10-6-7-11-15(14)21(27)29)17(25-26-24)19-16(31-23)12-30-22(32-19)13-8-4-3-5-9-13/h3-11,16-19,22-23H,2,12H2,1H3/t16?,17-,18+,19-,22?,23?/m1/s1. The van der Waals surface area contributed by atoms with E-state index in [1.54, 1.807) is 24.3 Å². The fourth-order valence-corrected chi connectivity index (χ4v) is 5.64. The number of imide groups is 1. The molecule has 33 heavy (non-hydrogen) atoms. The number of thioether (sulfide) groups is 1. The van der Waals surface area contributed by atoms with Crippen LogP contribution in [0, 0.1) is 0 Å². The molecule has 2 fully saturated rings. The van der Waals surface area contributed by atoms with Crippen molar-refractivity contribution in [3.63, 3.8) is 0 Å². The highest BCUT2D eigenvalue weighted by Gasteiger charge is 2.55. The second kappa shape index (κ2) is 9.17. The maximum atomic E-state index is 13.3. The van der Waals surface area contributed by atoms with Crippen LogP contribution < -0.4 is 0 Å². The molecule has 2 aromatic carbocycles. The SMILES string of the molecule is CCSC1OC2COC(c3ccccc3)O[C@H]2[C@H](N=[N+]=[N-])[C@@H]1N1C(=O)c2ccccc2C1=O. The van der Waals surface area contributed by atoms with Crippen LogP contribution in [0.25, 0.3) is 10.4 Å². The summed E-state index contributed by atoms with van der Waals surface area (Å²) in [6.07, 6.45) is -1.87. The van der Waals surface area contributed by atoms with Gasteiger partial charge in [-0.05, 0) is 23.4 Å². The molecule has 3 heterocycles. The summed E-state index contributed by atoms with van der Waals surface area (Å²) in [7, 11) is 0. The first-order valence-electron chi connectivity index (χ1n) is 10.7. The maximum absolute atomic E-state index is 13.3. The van der Waals surface area contributed by atoms with E-state index < -0.39 is 47.8 Å². The monoisotopic (exact) mass is 466 g/mol. The molecule has 0 saturated carbocycles. The van der Waals surface area contributed by atoms with Crippen molar-refractivity contribution in [2.45, 2.75) is 42.9 Å². The lowest BCUT2D eigenvalue weighted by Gasteiger charge is -2.50. The first kappa shape index (κ1) is 21.9. The number of fused-ring (bicyclic) bond motifs is 2. The fraction of sp³-hybridized carbons (Fsp3) is 0.391. The summed E-state index contributed by atoms with van der Waals surface area (Å²) in [4.78, 5) is 30.8. The lowest BCUT2D eigenvalue weighted by atomic mass is 9.93. The van der Waals surface area contributed by atoms with Crippen LogP contribution >= 0.6 is 11.8 Å². The molecule has 0 aromatic heterocycles. The van der Waals surface area contributed by atoms with Crippen molar-refractivity contribution in [1.82, 2.24) is 4.90 Å². The number of azide groups is 1. The Morgan fingerprint density at radius 1 is 1.06 bits per heavy atom. The molecule has 0 N–H and O–H groups in total. The second-order valence-electron chi connectivity index (χ2n) is 7.89. The van der Waals surface area contributed by atoms with Gasteiger partial charge in [0.25, 0.3) is 11.8 Å². The smallest absolute Gasteiger partial charge is 0.261 e. The number of amides is 2. The van der Waals surface area contributed by atoms with Crippen LogP contribution in [0.3, 0.4) is 0 Å². The third-order valence-corrected chi connectivity index (χ3v) is 7.10. The quantitative estimate of drug-likeness (QED) is 0.286. The van der Waals surface area contributed by atoms with E-state index in [2.05, 4.69) is 10.0 Å². The number of hydrogen-bond donors (Lipinski definition) is 0. The van der Waals surface area contributed by atoms with Crippen molar-refractivity contribution < 1.29 is 23.8 Å². The number of carbonyl (C=O) groups is 2. The molecule has 0 spiro atoms. The Hall–Kier alpha value is -2.88. The van der Waals surface area contributed by atoms with Crippen molar-refractivity contribution in [2.75, 3.05) is 12.4 Å². The van der Waals surface area contributed by atoms with Crippen LogP contribution in [0.15, 0.2) is 59.7 Å². The minimum atomic E-state index is -0.838. The van der Waals surface area contributed by atoms with E-state index in [4.69, 9.17) is 14.2 Å². The zero-order chi connectivity index (χ0) is 22.9. The molecular formula is C23H22N4O5S. The first-order valence-corrected chi connectivity index (χ1v) is 11.8. The summed E-state index contributed by atoms with van der Waals surface area (Å²) >= 11 is 1.45. The zero-order valence-corrected chi connectivity index (χ0v) is 18.6. The predicted octanol–water partition coefficient (Wildman–Crippen LogP) is 3.92. The third kappa shape index (κ3) is 3.80. The van der Waals surface area contributed by atoms with Gasteiger partial charge in [-0.2, -0.15) is 0 Å². The third-order valence-electron chi connectivity index (χ3n) is 6.04. The molecule has 6 atom stereocenters. The lowest BCUT2D eigenvalue weighted by Crippen LogP contribution is -2.65. The van der Waals surface area contributed by atoms with Gasteiger partial charge in [-0.15, -0.1) is 11.8 Å². The number of benzene rings is 2. The van der Waals surface area contributed by atoms with E-state index in [-0.39, 0.29) is 6.61 Å². The van der Waals surface area contributed by atoms with Gasteiger partial charge in [-0.3, -0.25) is 14.5 Å². The number of carbonyl (C=O) groups excluding carboxylic acids is 2. The largest absolute Gasteiger partial charge is 0.357 e. The van der Waals surface area contributed by atoms with Crippen molar-refractivity contribution in [3.8, 4) is 0 Å². The highest BCUT2D eigenvalue weighted by Crippen LogP contribution is 2.41. The highest BCUT2D eigenvalue weighted by molar-refractivity contribution is 7.99. The van der Waals surface area contributed by atoms with Gasteiger partial charge in [0.2, 0.25) is 0 Å². The molecule has 2 amide bonds. The Kier molecular flexibility index (Phi) is 6.09. The van der Waals surface area contributed by atoms with E-state index in [1.165, 1.54) is 16.7 Å². The van der Waals surface area contributed by atoms with E-state index in [0.717, 1.165) is 5.56 Å². The summed E-state index contributed by atoms with van der Waals surface area (Å²) in [6, 6.07) is 14.5. The van der Waals surface area contributed by atoms with Crippen LogP contribution in [-0.2, 0) is 14.2 Å². The minimum Gasteiger partial charge on any atom is -0.357 e. The molecule has 9 nitrogen and oxygen atoms in total. The molecule has 0 aliphatic carbocycles. The molecule has 2 saturated heterocycles. The molecule has 5 rings (SSSR count). The molecule has 3 unspecified atom stereocenters. The van der Waals surface area contributed by atoms with E-state index in [1.807, 2.05) is 37.3 Å². The van der Waals surface area contributed by atoms with Gasteiger partial charge in [0.15, 0.2) is 6.29 Å². The van der Waals surface area contributed by atoms with Gasteiger partial charge < -0.3 is 14.2 Å². The van der Waals surface area contributed by atoms with Crippen molar-refractivity contribution in [3.05, 3.63) is 81.7 Å². The van der Waals surface area contributed by atoms with Gasteiger partial charge in [0.1, 0.15) is 17.6 Å². The van der Waals surface area contributed by atoms with E-state index >= 15 is 0 Å². The molecule has 10 heteroatoms. The van der Waals surface area contributed by atoms with Crippen molar-refractivity contribution in [1.29, 1.82) is 0 Å². The fourth-order valence-electron chi connectivity index (χ4n) is 4.61. The highest BCUT2D eigenvalue weighted by atomic mass is 32.2.